The third-order valence-corrected chi connectivity index (χ3v) is 4.53. The number of rotatable bonds is 4. The minimum Gasteiger partial charge on any atom is -0.497 e. The minimum atomic E-state index is 0.525. The first-order valence-corrected chi connectivity index (χ1v) is 7.28. The molecule has 3 rings (SSSR count). The van der Waals surface area contributed by atoms with E-state index in [1.807, 2.05) is 18.2 Å². The van der Waals surface area contributed by atoms with E-state index in [0.29, 0.717) is 17.1 Å². The van der Waals surface area contributed by atoms with Crippen LogP contribution in [0.25, 0.3) is 20.5 Å². The maximum Gasteiger partial charge on any atom is 0.154 e. The van der Waals surface area contributed by atoms with Gasteiger partial charge < -0.3 is 9.47 Å². The smallest absolute Gasteiger partial charge is 0.154 e. The molecule has 4 heteroatoms. The number of hydrogen-bond donors (Lipinski definition) is 0. The molecule has 106 valence electrons. The first-order chi connectivity index (χ1) is 10.3. The van der Waals surface area contributed by atoms with Gasteiger partial charge in [-0.1, -0.05) is 18.2 Å². The lowest BCUT2D eigenvalue weighted by Crippen LogP contribution is -1.95. The Balaban J connectivity index is 2.26. The van der Waals surface area contributed by atoms with Gasteiger partial charge in [-0.2, -0.15) is 0 Å². The molecule has 3 nitrogen and oxygen atoms in total. The molecular weight excluding hydrogens is 284 g/mol. The molecule has 3 aromatic rings. The average molecular weight is 298 g/mol. The average Bonchev–Trinajstić information content (AvgIpc) is 2.97. The van der Waals surface area contributed by atoms with Crippen molar-refractivity contribution >= 4 is 27.7 Å². The van der Waals surface area contributed by atoms with Crippen molar-refractivity contribution < 1.29 is 14.3 Å². The van der Waals surface area contributed by atoms with Crippen LogP contribution in [0.15, 0.2) is 42.5 Å². The van der Waals surface area contributed by atoms with Crippen LogP contribution in [0, 0.1) is 0 Å². The van der Waals surface area contributed by atoms with Crippen molar-refractivity contribution in [3.8, 4) is 21.9 Å². The monoisotopic (exact) mass is 298 g/mol. The highest BCUT2D eigenvalue weighted by Crippen LogP contribution is 2.39. The Kier molecular flexibility index (Phi) is 3.62. The highest BCUT2D eigenvalue weighted by Gasteiger charge is 2.15. The molecule has 0 saturated carbocycles. The largest absolute Gasteiger partial charge is 0.497 e. The van der Waals surface area contributed by atoms with Gasteiger partial charge in [0.2, 0.25) is 0 Å². The van der Waals surface area contributed by atoms with E-state index in [-0.39, 0.29) is 0 Å². The molecule has 0 aliphatic rings. The zero-order chi connectivity index (χ0) is 14.8. The van der Waals surface area contributed by atoms with Gasteiger partial charge in [0.05, 0.1) is 19.8 Å². The van der Waals surface area contributed by atoms with Gasteiger partial charge in [-0.3, -0.25) is 4.79 Å². The maximum absolute atomic E-state index is 11.5. The fourth-order valence-electron chi connectivity index (χ4n) is 2.33. The standard InChI is InChI=1S/C17H14O3S/c1-19-12-8-13(14(10-18)15(9-12)20-2)17-7-11-5-3-4-6-16(11)21-17/h3-10H,1-2H3. The summed E-state index contributed by atoms with van der Waals surface area (Å²) in [6.07, 6.45) is 0.831. The molecule has 0 atom stereocenters. The molecule has 0 fully saturated rings. The minimum absolute atomic E-state index is 0.525. The van der Waals surface area contributed by atoms with E-state index in [2.05, 4.69) is 18.2 Å². The van der Waals surface area contributed by atoms with E-state index in [4.69, 9.17) is 9.47 Å². The summed E-state index contributed by atoms with van der Waals surface area (Å²) in [5.74, 6) is 1.20. The Hall–Kier alpha value is -2.33. The Morgan fingerprint density at radius 1 is 1.05 bits per heavy atom. The van der Waals surface area contributed by atoms with E-state index in [1.165, 1.54) is 4.70 Å². The number of carbonyl (C=O) groups excluding carboxylic acids is 1. The van der Waals surface area contributed by atoms with Crippen LogP contribution < -0.4 is 9.47 Å². The number of hydrogen-bond acceptors (Lipinski definition) is 4. The van der Waals surface area contributed by atoms with Gasteiger partial charge in [0.1, 0.15) is 11.5 Å². The van der Waals surface area contributed by atoms with Gasteiger partial charge in [-0.25, -0.2) is 0 Å². The highest BCUT2D eigenvalue weighted by molar-refractivity contribution is 7.22. The number of methoxy groups -OCH3 is 2. The number of fused-ring (bicyclic) bond motifs is 1. The van der Waals surface area contributed by atoms with Crippen molar-refractivity contribution in [3.05, 3.63) is 48.0 Å². The fourth-order valence-corrected chi connectivity index (χ4v) is 3.42. The third kappa shape index (κ3) is 2.38. The van der Waals surface area contributed by atoms with E-state index in [9.17, 15) is 4.79 Å². The highest BCUT2D eigenvalue weighted by atomic mass is 32.1. The van der Waals surface area contributed by atoms with Gasteiger partial charge >= 0.3 is 0 Å². The van der Waals surface area contributed by atoms with Gasteiger partial charge in [0.25, 0.3) is 0 Å². The lowest BCUT2D eigenvalue weighted by atomic mass is 10.0. The van der Waals surface area contributed by atoms with Crippen LogP contribution in [0.2, 0.25) is 0 Å². The Bertz CT molecular complexity index is 772. The molecule has 0 amide bonds. The Morgan fingerprint density at radius 3 is 2.52 bits per heavy atom. The zero-order valence-corrected chi connectivity index (χ0v) is 12.6. The summed E-state index contributed by atoms with van der Waals surface area (Å²) >= 11 is 1.65. The molecule has 2 aromatic carbocycles. The lowest BCUT2D eigenvalue weighted by molar-refractivity contribution is 0.112. The summed E-state index contributed by atoms with van der Waals surface area (Å²) in [6, 6.07) is 13.8. The van der Waals surface area contributed by atoms with Crippen LogP contribution in [0.3, 0.4) is 0 Å². The van der Waals surface area contributed by atoms with Crippen molar-refractivity contribution in [1.29, 1.82) is 0 Å². The van der Waals surface area contributed by atoms with Gasteiger partial charge in [0, 0.05) is 21.2 Å². The van der Waals surface area contributed by atoms with E-state index in [1.54, 1.807) is 31.6 Å². The number of ether oxygens (including phenoxy) is 2. The topological polar surface area (TPSA) is 35.5 Å². The predicted molar refractivity (Wildman–Crippen MR) is 85.8 cm³/mol. The Labute approximate surface area is 126 Å². The maximum atomic E-state index is 11.5. The van der Waals surface area contributed by atoms with Crippen molar-refractivity contribution in [3.63, 3.8) is 0 Å². The fraction of sp³-hybridized carbons (Fsp3) is 0.118. The normalized spacial score (nSPS) is 10.6. The molecule has 0 radical (unpaired) electrons. The first-order valence-electron chi connectivity index (χ1n) is 6.47. The number of carbonyl (C=O) groups is 1. The van der Waals surface area contributed by atoms with E-state index in [0.717, 1.165) is 22.1 Å². The molecule has 1 heterocycles. The van der Waals surface area contributed by atoms with Crippen LogP contribution in [0.4, 0.5) is 0 Å². The van der Waals surface area contributed by atoms with Crippen molar-refractivity contribution in [2.45, 2.75) is 0 Å². The van der Waals surface area contributed by atoms with Gasteiger partial charge in [0.15, 0.2) is 6.29 Å². The first kappa shape index (κ1) is 13.6. The molecule has 0 saturated heterocycles. The molecule has 1 aromatic heterocycles. The summed E-state index contributed by atoms with van der Waals surface area (Å²) < 4.78 is 11.8. The second-order valence-electron chi connectivity index (χ2n) is 4.56. The van der Waals surface area contributed by atoms with E-state index < -0.39 is 0 Å². The summed E-state index contributed by atoms with van der Waals surface area (Å²) in [6.45, 7) is 0. The molecule has 0 bridgehead atoms. The summed E-state index contributed by atoms with van der Waals surface area (Å²) in [7, 11) is 3.15. The number of aldehydes is 1. The quantitative estimate of drug-likeness (QED) is 0.670. The lowest BCUT2D eigenvalue weighted by Gasteiger charge is -2.11. The summed E-state index contributed by atoms with van der Waals surface area (Å²) in [5, 5.41) is 1.16. The molecule has 21 heavy (non-hydrogen) atoms. The van der Waals surface area contributed by atoms with Crippen LogP contribution >= 0.6 is 11.3 Å². The molecular formula is C17H14O3S. The molecule has 0 aliphatic heterocycles. The van der Waals surface area contributed by atoms with Crippen molar-refractivity contribution in [2.24, 2.45) is 0 Å². The van der Waals surface area contributed by atoms with Crippen LogP contribution in [0.1, 0.15) is 10.4 Å². The molecule has 0 aliphatic carbocycles. The second-order valence-corrected chi connectivity index (χ2v) is 5.64. The van der Waals surface area contributed by atoms with E-state index >= 15 is 0 Å². The predicted octanol–water partition coefficient (Wildman–Crippen LogP) is 4.40. The zero-order valence-electron chi connectivity index (χ0n) is 11.8. The second kappa shape index (κ2) is 5.58. The van der Waals surface area contributed by atoms with Crippen LogP contribution in [-0.4, -0.2) is 20.5 Å². The van der Waals surface area contributed by atoms with Crippen molar-refractivity contribution in [1.82, 2.24) is 0 Å². The molecule has 0 N–H and O–H groups in total. The van der Waals surface area contributed by atoms with Crippen molar-refractivity contribution in [2.75, 3.05) is 14.2 Å². The summed E-state index contributed by atoms with van der Waals surface area (Å²) in [4.78, 5) is 12.5. The molecule has 0 unspecified atom stereocenters. The number of thiophene rings is 1. The SMILES string of the molecule is COc1cc(OC)c(C=O)c(-c2cc3ccccc3s2)c1. The van der Waals surface area contributed by atoms with Gasteiger partial charge in [-0.15, -0.1) is 11.3 Å². The summed E-state index contributed by atoms with van der Waals surface area (Å²) in [5.41, 5.74) is 1.38. The van der Waals surface area contributed by atoms with Crippen LogP contribution in [-0.2, 0) is 0 Å². The van der Waals surface area contributed by atoms with Crippen LogP contribution in [0.5, 0.6) is 11.5 Å². The Morgan fingerprint density at radius 2 is 1.86 bits per heavy atom. The molecule has 0 spiro atoms. The number of benzene rings is 2. The van der Waals surface area contributed by atoms with Gasteiger partial charge in [-0.05, 0) is 23.6 Å². The third-order valence-electron chi connectivity index (χ3n) is 3.38.